The second-order valence-electron chi connectivity index (χ2n) is 6.72. The van der Waals surface area contributed by atoms with Crippen LogP contribution in [0.4, 0.5) is 13.2 Å². The number of benzene rings is 1. The summed E-state index contributed by atoms with van der Waals surface area (Å²) >= 11 is 11.8. The van der Waals surface area contributed by atoms with Gasteiger partial charge in [0.25, 0.3) is 0 Å². The number of hydrogen-bond acceptors (Lipinski definition) is 7. The summed E-state index contributed by atoms with van der Waals surface area (Å²) in [7, 11) is 0. The Kier molecular flexibility index (Phi) is 5.56. The summed E-state index contributed by atoms with van der Waals surface area (Å²) in [5.41, 5.74) is -0.670. The molecule has 1 aromatic rings. The molecule has 8 nitrogen and oxygen atoms in total. The molecule has 0 unspecified atom stereocenters. The lowest BCUT2D eigenvalue weighted by Gasteiger charge is -2.29. The minimum atomic E-state index is -4.91. The molecule has 0 spiro atoms. The van der Waals surface area contributed by atoms with Gasteiger partial charge >= 0.3 is 12.1 Å². The summed E-state index contributed by atoms with van der Waals surface area (Å²) in [4.78, 5) is 27.8. The monoisotopic (exact) mass is 470 g/mol. The topological polar surface area (TPSA) is 94.3 Å². The molecule has 0 aliphatic carbocycles. The highest BCUT2D eigenvalue weighted by molar-refractivity contribution is 6.36. The number of fused-ring (bicyclic) bond motifs is 2. The Balaban J connectivity index is 1.58. The van der Waals surface area contributed by atoms with E-state index in [2.05, 4.69) is 0 Å². The number of rotatable bonds is 4. The first-order chi connectivity index (χ1) is 14.2. The van der Waals surface area contributed by atoms with Crippen molar-refractivity contribution < 1.29 is 47.1 Å². The molecule has 1 aromatic carbocycles. The summed E-state index contributed by atoms with van der Waals surface area (Å²) in [6, 6.07) is 2.55. The van der Waals surface area contributed by atoms with Crippen molar-refractivity contribution in [2.24, 2.45) is 0 Å². The van der Waals surface area contributed by atoms with Gasteiger partial charge in [0.05, 0.1) is 28.7 Å². The van der Waals surface area contributed by atoms with E-state index in [1.54, 1.807) is 0 Å². The molecule has 30 heavy (non-hydrogen) atoms. The number of hydrogen-bond donors (Lipinski definition) is 1. The second-order valence-corrected chi connectivity index (χ2v) is 7.57. The van der Waals surface area contributed by atoms with E-state index in [9.17, 15) is 22.9 Å². The van der Waals surface area contributed by atoms with Crippen molar-refractivity contribution in [2.75, 3.05) is 13.2 Å². The molecule has 0 bridgehead atoms. The smallest absolute Gasteiger partial charge is 0.430 e. The Morgan fingerprint density at radius 1 is 1.13 bits per heavy atom. The van der Waals surface area contributed by atoms with E-state index >= 15 is 0 Å². The standard InChI is InChI=1S/C17H13Cl2F3NO7/c18-7-1-6-2-8(15(17(20,21)22)29-12(6)9(19)3-7)16(24)28-10-4-26-14-11(30-23-25)5-27-13(10)14/h1-3,10-11,13-15,23H,4-5H2/q+1/t10-,11+,13+,14+,15-/m0/s1. The Morgan fingerprint density at radius 2 is 1.80 bits per heavy atom. The maximum absolute atomic E-state index is 13.6. The minimum absolute atomic E-state index is 0.0139. The first-order valence-corrected chi connectivity index (χ1v) is 9.35. The summed E-state index contributed by atoms with van der Waals surface area (Å²) in [6.45, 7) is -0.154. The van der Waals surface area contributed by atoms with Gasteiger partial charge in [-0.05, 0) is 18.2 Å². The average molecular weight is 471 g/mol. The first kappa shape index (κ1) is 21.2. The molecule has 0 saturated carbocycles. The number of esters is 1. The zero-order valence-corrected chi connectivity index (χ0v) is 16.3. The molecule has 0 aromatic heterocycles. The van der Waals surface area contributed by atoms with Crippen LogP contribution in [0.25, 0.3) is 6.08 Å². The van der Waals surface area contributed by atoms with E-state index in [0.717, 1.165) is 6.08 Å². The lowest BCUT2D eigenvalue weighted by molar-refractivity contribution is -0.781. The summed E-state index contributed by atoms with van der Waals surface area (Å²) in [6.07, 6.45) is -9.76. The third kappa shape index (κ3) is 3.82. The van der Waals surface area contributed by atoms with Crippen LogP contribution in [0.5, 0.6) is 5.75 Å². The van der Waals surface area contributed by atoms with Crippen LogP contribution >= 0.6 is 23.2 Å². The van der Waals surface area contributed by atoms with Crippen LogP contribution < -0.4 is 10.1 Å². The van der Waals surface area contributed by atoms with Crippen molar-refractivity contribution in [3.8, 4) is 5.75 Å². The van der Waals surface area contributed by atoms with Gasteiger partial charge in [0.1, 0.15) is 18.0 Å². The van der Waals surface area contributed by atoms with Crippen LogP contribution in [0.3, 0.4) is 0 Å². The number of carbonyl (C=O) groups excluding carboxylic acids is 1. The van der Waals surface area contributed by atoms with Crippen molar-refractivity contribution in [2.45, 2.75) is 36.7 Å². The van der Waals surface area contributed by atoms with E-state index < -0.39 is 48.2 Å². The van der Waals surface area contributed by atoms with Crippen molar-refractivity contribution in [1.82, 2.24) is 0 Å². The molecule has 3 heterocycles. The van der Waals surface area contributed by atoms with Gasteiger partial charge in [-0.2, -0.15) is 13.2 Å². The van der Waals surface area contributed by atoms with Crippen LogP contribution in [-0.2, 0) is 23.8 Å². The number of ether oxygens (including phenoxy) is 4. The molecule has 0 radical (unpaired) electrons. The Hall–Kier alpha value is -2.08. The normalized spacial score (nSPS) is 30.0. The van der Waals surface area contributed by atoms with Crippen molar-refractivity contribution >= 4 is 35.2 Å². The molecule has 1 N–H and O–H groups in total. The maximum atomic E-state index is 13.6. The zero-order valence-electron chi connectivity index (χ0n) is 14.8. The molecule has 3 aliphatic heterocycles. The fraction of sp³-hybridized carbons (Fsp3) is 0.471. The molecule has 162 valence electrons. The number of nitrogens with one attached hydrogen (secondary N) is 1. The number of alkyl halides is 3. The lowest BCUT2D eigenvalue weighted by atomic mass is 10.0. The zero-order chi connectivity index (χ0) is 21.6. The van der Waals surface area contributed by atoms with E-state index in [-0.39, 0.29) is 34.6 Å². The van der Waals surface area contributed by atoms with Crippen molar-refractivity contribution in [1.29, 1.82) is 0 Å². The minimum Gasteiger partial charge on any atom is -0.474 e. The van der Waals surface area contributed by atoms with Gasteiger partial charge in [0.2, 0.25) is 17.5 Å². The number of halogens is 5. The third-order valence-corrected chi connectivity index (χ3v) is 5.32. The van der Waals surface area contributed by atoms with E-state index in [4.69, 9.17) is 47.0 Å². The molecule has 2 fully saturated rings. The van der Waals surface area contributed by atoms with Gasteiger partial charge in [0.15, 0.2) is 6.10 Å². The highest BCUT2D eigenvalue weighted by atomic mass is 35.5. The highest BCUT2D eigenvalue weighted by Crippen LogP contribution is 2.43. The van der Waals surface area contributed by atoms with Gasteiger partial charge in [-0.1, -0.05) is 23.2 Å². The van der Waals surface area contributed by atoms with E-state index in [0.29, 0.717) is 0 Å². The van der Waals surface area contributed by atoms with Crippen LogP contribution in [-0.4, -0.2) is 55.9 Å². The van der Waals surface area contributed by atoms with Crippen LogP contribution in [0.1, 0.15) is 5.56 Å². The molecule has 3 aliphatic rings. The van der Waals surface area contributed by atoms with Gasteiger partial charge < -0.3 is 18.9 Å². The largest absolute Gasteiger partial charge is 0.474 e. The van der Waals surface area contributed by atoms with Gasteiger partial charge in [-0.25, -0.2) is 9.63 Å². The number of carbonyl (C=O) groups is 1. The third-order valence-electron chi connectivity index (χ3n) is 4.82. The van der Waals surface area contributed by atoms with Crippen LogP contribution in [0, 0.1) is 4.91 Å². The predicted molar refractivity (Wildman–Crippen MR) is 93.5 cm³/mol. The van der Waals surface area contributed by atoms with Gasteiger partial charge in [-0.3, -0.25) is 0 Å². The predicted octanol–water partition coefficient (Wildman–Crippen LogP) is 1.56. The first-order valence-electron chi connectivity index (χ1n) is 8.60. The summed E-state index contributed by atoms with van der Waals surface area (Å²) in [5, 5.41) is 1.31. The molecule has 2 saturated heterocycles. The quantitative estimate of drug-likeness (QED) is 0.527. The lowest BCUT2D eigenvalue weighted by Crippen LogP contribution is -2.67. The van der Waals surface area contributed by atoms with Crippen LogP contribution in [0.2, 0.25) is 10.0 Å². The Bertz CT molecular complexity index is 910. The second kappa shape index (κ2) is 7.88. The van der Waals surface area contributed by atoms with Crippen LogP contribution in [0.15, 0.2) is 17.7 Å². The maximum Gasteiger partial charge on any atom is 0.430 e. The van der Waals surface area contributed by atoms with Crippen molar-refractivity contribution in [3.05, 3.63) is 38.2 Å². The van der Waals surface area contributed by atoms with Gasteiger partial charge in [-0.15, -0.1) is 0 Å². The van der Waals surface area contributed by atoms with Gasteiger partial charge in [0, 0.05) is 10.6 Å². The molecule has 4 rings (SSSR count). The fourth-order valence-electron chi connectivity index (χ4n) is 3.54. The fourth-order valence-corrected chi connectivity index (χ4v) is 4.10. The molecule has 0 amide bonds. The van der Waals surface area contributed by atoms with E-state index in [1.165, 1.54) is 17.5 Å². The summed E-state index contributed by atoms with van der Waals surface area (Å²) in [5.74, 6) is -1.50. The Morgan fingerprint density at radius 3 is 2.47 bits per heavy atom. The highest BCUT2D eigenvalue weighted by Gasteiger charge is 2.54. The molecular formula is C17H13Cl2F3NO7+. The molecular weight excluding hydrogens is 458 g/mol. The SMILES string of the molecule is O=[NH+]O[C@@H]1CO[C@H]2[C@@H]1OC[C@@H]2OC(=O)C1=Cc2cc(Cl)cc(Cl)c2O[C@@H]1C(F)(F)F. The van der Waals surface area contributed by atoms with Crippen molar-refractivity contribution in [3.63, 3.8) is 0 Å². The molecule has 13 heteroatoms. The molecule has 5 atom stereocenters. The Labute approximate surface area is 176 Å². The summed E-state index contributed by atoms with van der Waals surface area (Å²) < 4.78 is 61.8. The average Bonchev–Trinajstić information content (AvgIpc) is 3.24. The van der Waals surface area contributed by atoms with E-state index in [1.807, 2.05) is 0 Å².